The molecule has 3 rings (SSSR count). The fourth-order valence-electron chi connectivity index (χ4n) is 2.52. The first-order chi connectivity index (χ1) is 13.5. The number of aryl methyl sites for hydroxylation is 1. The molecule has 0 aliphatic carbocycles. The lowest BCUT2D eigenvalue weighted by Gasteiger charge is -2.08. The van der Waals surface area contributed by atoms with E-state index in [0.717, 1.165) is 11.3 Å². The number of nitrogens with one attached hydrogen (secondary N) is 2. The molecule has 0 atom stereocenters. The Morgan fingerprint density at radius 3 is 2.61 bits per heavy atom. The highest BCUT2D eigenvalue weighted by Crippen LogP contribution is 2.25. The number of halogens is 2. The number of para-hydroxylation sites is 1. The Morgan fingerprint density at radius 2 is 1.82 bits per heavy atom. The molecule has 144 valence electrons. The van der Waals surface area contributed by atoms with Gasteiger partial charge in [-0.3, -0.25) is 9.59 Å². The zero-order valence-electron chi connectivity index (χ0n) is 14.9. The molecule has 0 fully saturated rings. The van der Waals surface area contributed by atoms with Crippen LogP contribution in [0.25, 0.3) is 5.69 Å². The van der Waals surface area contributed by atoms with Crippen molar-refractivity contribution in [2.24, 2.45) is 0 Å². The average molecular weight is 417 g/mol. The first kappa shape index (κ1) is 19.9. The highest BCUT2D eigenvalue weighted by Gasteiger charge is 2.09. The maximum Gasteiger partial charge on any atom is 0.243 e. The van der Waals surface area contributed by atoms with Gasteiger partial charge in [-0.05, 0) is 42.3 Å². The van der Waals surface area contributed by atoms with Crippen LogP contribution < -0.4 is 10.6 Å². The van der Waals surface area contributed by atoms with E-state index in [1.165, 1.54) is 0 Å². The van der Waals surface area contributed by atoms with Gasteiger partial charge in [0.05, 0.1) is 29.1 Å². The molecule has 6 nitrogen and oxygen atoms in total. The summed E-state index contributed by atoms with van der Waals surface area (Å²) in [4.78, 5) is 24.0. The van der Waals surface area contributed by atoms with Crippen LogP contribution in [-0.4, -0.2) is 28.1 Å². The minimum absolute atomic E-state index is 0.148. The van der Waals surface area contributed by atoms with Gasteiger partial charge >= 0.3 is 0 Å². The van der Waals surface area contributed by atoms with Gasteiger partial charge in [0.25, 0.3) is 0 Å². The molecule has 0 saturated carbocycles. The van der Waals surface area contributed by atoms with Crippen LogP contribution in [0.4, 0.5) is 5.69 Å². The summed E-state index contributed by atoms with van der Waals surface area (Å²) in [6, 6.07) is 14.5. The highest BCUT2D eigenvalue weighted by atomic mass is 35.5. The van der Waals surface area contributed by atoms with Crippen LogP contribution in [0.2, 0.25) is 10.0 Å². The largest absolute Gasteiger partial charge is 0.347 e. The van der Waals surface area contributed by atoms with E-state index in [1.54, 1.807) is 29.1 Å². The van der Waals surface area contributed by atoms with Crippen LogP contribution in [0.15, 0.2) is 60.9 Å². The van der Waals surface area contributed by atoms with Crippen LogP contribution in [-0.2, 0) is 16.0 Å². The topological polar surface area (TPSA) is 76.0 Å². The maximum absolute atomic E-state index is 12.0. The lowest BCUT2D eigenvalue weighted by Crippen LogP contribution is -2.33. The molecule has 28 heavy (non-hydrogen) atoms. The van der Waals surface area contributed by atoms with Gasteiger partial charge in [-0.25, -0.2) is 4.68 Å². The van der Waals surface area contributed by atoms with Crippen molar-refractivity contribution in [2.45, 2.75) is 12.8 Å². The number of amides is 2. The second-order valence-electron chi connectivity index (χ2n) is 6.08. The molecule has 2 amide bonds. The number of anilines is 1. The van der Waals surface area contributed by atoms with Gasteiger partial charge in [-0.2, -0.15) is 5.10 Å². The van der Waals surface area contributed by atoms with Gasteiger partial charge < -0.3 is 10.6 Å². The normalized spacial score (nSPS) is 10.5. The lowest BCUT2D eigenvalue weighted by molar-refractivity contribution is -0.124. The standard InChI is InChI=1S/C20H18Cl2N4O2/c21-15-7-8-17(22)18(10-15)25-20(28)12-23-19(27)9-6-14-11-24-26(13-14)16-4-2-1-3-5-16/h1-5,7-8,10-11,13H,6,9,12H2,(H,23,27)(H,25,28). The van der Waals surface area contributed by atoms with Crippen molar-refractivity contribution in [3.63, 3.8) is 0 Å². The summed E-state index contributed by atoms with van der Waals surface area (Å²) in [6.45, 7) is -0.148. The molecule has 3 aromatic rings. The van der Waals surface area contributed by atoms with Crippen LogP contribution in [0, 0.1) is 0 Å². The number of hydrogen-bond donors (Lipinski definition) is 2. The molecule has 0 bridgehead atoms. The Hall–Kier alpha value is -2.83. The smallest absolute Gasteiger partial charge is 0.243 e. The van der Waals surface area contributed by atoms with E-state index >= 15 is 0 Å². The second-order valence-corrected chi connectivity index (χ2v) is 6.92. The van der Waals surface area contributed by atoms with E-state index in [-0.39, 0.29) is 24.8 Å². The fraction of sp³-hybridized carbons (Fsp3) is 0.150. The van der Waals surface area contributed by atoms with E-state index in [9.17, 15) is 9.59 Å². The van der Waals surface area contributed by atoms with Crippen molar-refractivity contribution < 1.29 is 9.59 Å². The summed E-state index contributed by atoms with van der Waals surface area (Å²) in [5.74, 6) is -0.603. The first-order valence-electron chi connectivity index (χ1n) is 8.62. The van der Waals surface area contributed by atoms with E-state index in [1.807, 2.05) is 36.5 Å². The number of benzene rings is 2. The lowest BCUT2D eigenvalue weighted by atomic mass is 10.2. The Bertz CT molecular complexity index is 973. The van der Waals surface area contributed by atoms with E-state index in [2.05, 4.69) is 15.7 Å². The molecule has 1 aromatic heterocycles. The summed E-state index contributed by atoms with van der Waals surface area (Å²) < 4.78 is 1.76. The molecule has 2 N–H and O–H groups in total. The van der Waals surface area contributed by atoms with Crippen LogP contribution >= 0.6 is 23.2 Å². The minimum Gasteiger partial charge on any atom is -0.347 e. The zero-order chi connectivity index (χ0) is 19.9. The Morgan fingerprint density at radius 1 is 1.04 bits per heavy atom. The van der Waals surface area contributed by atoms with Crippen molar-refractivity contribution >= 4 is 40.7 Å². The van der Waals surface area contributed by atoms with Crippen molar-refractivity contribution in [3.05, 3.63) is 76.5 Å². The van der Waals surface area contributed by atoms with E-state index in [0.29, 0.717) is 22.2 Å². The molecule has 0 spiro atoms. The number of aromatic nitrogens is 2. The predicted molar refractivity (Wildman–Crippen MR) is 110 cm³/mol. The van der Waals surface area contributed by atoms with E-state index < -0.39 is 0 Å². The second kappa shape index (κ2) is 9.39. The van der Waals surface area contributed by atoms with Crippen LogP contribution in [0.3, 0.4) is 0 Å². The molecule has 8 heteroatoms. The Labute approximate surface area is 172 Å². The van der Waals surface area contributed by atoms with Crippen molar-refractivity contribution in [2.75, 3.05) is 11.9 Å². The number of nitrogens with zero attached hydrogens (tertiary/aromatic N) is 2. The number of rotatable bonds is 7. The number of carbonyl (C=O) groups excluding carboxylic acids is 2. The quantitative estimate of drug-likeness (QED) is 0.613. The third-order valence-electron chi connectivity index (χ3n) is 3.95. The van der Waals surface area contributed by atoms with Gasteiger partial charge in [0, 0.05) is 17.6 Å². The molecule has 0 saturated heterocycles. The fourth-order valence-corrected chi connectivity index (χ4v) is 2.86. The third kappa shape index (κ3) is 5.58. The minimum atomic E-state index is -0.380. The molecule has 1 heterocycles. The SMILES string of the molecule is O=C(CCc1cnn(-c2ccccc2)c1)NCC(=O)Nc1cc(Cl)ccc1Cl. The summed E-state index contributed by atoms with van der Waals surface area (Å²) >= 11 is 11.9. The van der Waals surface area contributed by atoms with Crippen molar-refractivity contribution in [3.8, 4) is 5.69 Å². The van der Waals surface area contributed by atoms with Gasteiger partial charge in [0.2, 0.25) is 11.8 Å². The van der Waals surface area contributed by atoms with Gasteiger partial charge in [0.1, 0.15) is 0 Å². The first-order valence-corrected chi connectivity index (χ1v) is 9.37. The average Bonchev–Trinajstić information content (AvgIpc) is 3.17. The predicted octanol–water partition coefficient (Wildman–Crippen LogP) is 3.87. The highest BCUT2D eigenvalue weighted by molar-refractivity contribution is 6.35. The summed E-state index contributed by atoms with van der Waals surface area (Å²) in [6.07, 6.45) is 4.40. The number of carbonyl (C=O) groups is 2. The third-order valence-corrected chi connectivity index (χ3v) is 4.51. The zero-order valence-corrected chi connectivity index (χ0v) is 16.4. The summed E-state index contributed by atoms with van der Waals surface area (Å²) in [7, 11) is 0. The van der Waals surface area contributed by atoms with E-state index in [4.69, 9.17) is 23.2 Å². The number of hydrogen-bond acceptors (Lipinski definition) is 3. The van der Waals surface area contributed by atoms with Gasteiger partial charge in [-0.15, -0.1) is 0 Å². The van der Waals surface area contributed by atoms with Crippen LogP contribution in [0.1, 0.15) is 12.0 Å². The molecule has 2 aromatic carbocycles. The monoisotopic (exact) mass is 416 g/mol. The molecule has 0 aliphatic rings. The molecule has 0 aliphatic heterocycles. The summed E-state index contributed by atoms with van der Waals surface area (Å²) in [5, 5.41) is 10.3. The molecule has 0 radical (unpaired) electrons. The maximum atomic E-state index is 12.0. The van der Waals surface area contributed by atoms with Crippen molar-refractivity contribution in [1.29, 1.82) is 0 Å². The molecule has 0 unspecified atom stereocenters. The summed E-state index contributed by atoms with van der Waals surface area (Å²) in [5.41, 5.74) is 2.30. The molecular formula is C20H18Cl2N4O2. The Balaban J connectivity index is 1.44. The van der Waals surface area contributed by atoms with Crippen LogP contribution in [0.5, 0.6) is 0 Å². The van der Waals surface area contributed by atoms with Gasteiger partial charge in [0.15, 0.2) is 0 Å². The molecular weight excluding hydrogens is 399 g/mol. The van der Waals surface area contributed by atoms with Gasteiger partial charge in [-0.1, -0.05) is 41.4 Å². The Kier molecular flexibility index (Phi) is 6.68. The van der Waals surface area contributed by atoms with Crippen molar-refractivity contribution in [1.82, 2.24) is 15.1 Å².